The molecule has 0 spiro atoms. The number of rotatable bonds is 4. The molecule has 4 N–H and O–H groups in total. The molecule has 0 amide bonds. The van der Waals surface area contributed by atoms with Gasteiger partial charge in [0.05, 0.1) is 6.61 Å². The molecule has 1 saturated heterocycles. The number of aliphatic hydroxyl groups excluding tert-OH is 4. The highest BCUT2D eigenvalue weighted by molar-refractivity contribution is 5.91. The van der Waals surface area contributed by atoms with Gasteiger partial charge in [-0.1, -0.05) is 46.8 Å². The van der Waals surface area contributed by atoms with Crippen LogP contribution in [-0.2, 0) is 14.3 Å². The van der Waals surface area contributed by atoms with E-state index in [-0.39, 0.29) is 39.3 Å². The average molecular weight is 601 g/mol. The molecule has 1 aliphatic heterocycles. The van der Waals surface area contributed by atoms with Crippen LogP contribution in [0.3, 0.4) is 0 Å². The monoisotopic (exact) mass is 600 g/mol. The van der Waals surface area contributed by atoms with E-state index in [0.29, 0.717) is 42.8 Å². The lowest BCUT2D eigenvalue weighted by atomic mass is 9.32. The third-order valence-electron chi connectivity index (χ3n) is 15.5. The van der Waals surface area contributed by atoms with Crippen molar-refractivity contribution in [2.75, 3.05) is 6.61 Å². The number of aliphatic hydroxyl groups is 4. The van der Waals surface area contributed by atoms with Gasteiger partial charge >= 0.3 is 0 Å². The van der Waals surface area contributed by atoms with Crippen LogP contribution >= 0.6 is 0 Å². The molecular weight excluding hydrogens is 544 g/mol. The first-order valence-corrected chi connectivity index (χ1v) is 17.0. The maximum atomic E-state index is 14.7. The lowest BCUT2D eigenvalue weighted by Crippen LogP contribution is -2.68. The zero-order valence-electron chi connectivity index (χ0n) is 27.3. The van der Waals surface area contributed by atoms with Gasteiger partial charge in [0.2, 0.25) is 0 Å². The van der Waals surface area contributed by atoms with Crippen LogP contribution in [0.5, 0.6) is 0 Å². The number of hydrogen-bond acceptors (Lipinski definition) is 7. The van der Waals surface area contributed by atoms with Crippen molar-refractivity contribution >= 4 is 11.6 Å². The van der Waals surface area contributed by atoms with Crippen LogP contribution in [0.4, 0.5) is 0 Å². The van der Waals surface area contributed by atoms with Crippen LogP contribution in [0.25, 0.3) is 0 Å². The second kappa shape index (κ2) is 10.2. The lowest BCUT2D eigenvalue weighted by Gasteiger charge is -2.72. The maximum absolute atomic E-state index is 14.7. The van der Waals surface area contributed by atoms with Gasteiger partial charge in [-0.3, -0.25) is 9.59 Å². The first kappa shape index (κ1) is 31.8. The van der Waals surface area contributed by atoms with E-state index in [9.17, 15) is 30.0 Å². The van der Waals surface area contributed by atoms with Gasteiger partial charge in [0.1, 0.15) is 36.3 Å². The Kier molecular flexibility index (Phi) is 7.55. The third kappa shape index (κ3) is 4.03. The van der Waals surface area contributed by atoms with Crippen molar-refractivity contribution < 1.29 is 34.8 Å². The molecule has 7 heteroatoms. The highest BCUT2D eigenvalue weighted by atomic mass is 16.5. The summed E-state index contributed by atoms with van der Waals surface area (Å²) in [5.41, 5.74) is 0.318. The minimum Gasteiger partial charge on any atom is -0.394 e. The second-order valence-electron chi connectivity index (χ2n) is 17.1. The fraction of sp³-hybridized carbons (Fsp3) is 0.889. The fourth-order valence-electron chi connectivity index (χ4n) is 13.0. The number of hydrogen-bond donors (Lipinski definition) is 4. The Balaban J connectivity index is 1.38. The van der Waals surface area contributed by atoms with E-state index >= 15 is 0 Å². The van der Waals surface area contributed by atoms with Crippen molar-refractivity contribution in [3.8, 4) is 0 Å². The SMILES string of the molecule is C=C(C)[C@@H]1CC[C@]2(C(=O)[C@@H]3OC(CO)[C@@H](O)[C@H](O)C3O)CC[C@]3(C)C(CCC4[C@@]5(C)CCC(=O)C(C)(C)C5CC[C@]43C)C12. The van der Waals surface area contributed by atoms with Gasteiger partial charge in [0, 0.05) is 17.3 Å². The zero-order valence-corrected chi connectivity index (χ0v) is 27.3. The van der Waals surface area contributed by atoms with E-state index in [1.165, 1.54) is 0 Å². The van der Waals surface area contributed by atoms with Gasteiger partial charge in [-0.05, 0) is 111 Å². The summed E-state index contributed by atoms with van der Waals surface area (Å²) in [6.07, 6.45) is 2.16. The van der Waals surface area contributed by atoms with Crippen molar-refractivity contribution in [3.63, 3.8) is 0 Å². The summed E-state index contributed by atoms with van der Waals surface area (Å²) in [7, 11) is 0. The molecule has 5 aliphatic carbocycles. The molecule has 0 aromatic carbocycles. The molecule has 6 aliphatic rings. The summed E-state index contributed by atoms with van der Waals surface area (Å²) in [6, 6.07) is 0. The largest absolute Gasteiger partial charge is 0.394 e. The van der Waals surface area contributed by atoms with Crippen LogP contribution < -0.4 is 0 Å². The Hall–Kier alpha value is -1.12. The Morgan fingerprint density at radius 1 is 0.860 bits per heavy atom. The smallest absolute Gasteiger partial charge is 0.170 e. The van der Waals surface area contributed by atoms with Crippen LogP contribution in [0.2, 0.25) is 0 Å². The van der Waals surface area contributed by atoms with Gasteiger partial charge in [0.25, 0.3) is 0 Å². The second-order valence-corrected chi connectivity index (χ2v) is 17.1. The van der Waals surface area contributed by atoms with Crippen LogP contribution in [0, 0.1) is 56.7 Å². The predicted octanol–water partition coefficient (Wildman–Crippen LogP) is 4.62. The Labute approximate surface area is 257 Å². The average Bonchev–Trinajstić information content (AvgIpc) is 3.35. The predicted molar refractivity (Wildman–Crippen MR) is 163 cm³/mol. The van der Waals surface area contributed by atoms with E-state index in [2.05, 4.69) is 48.1 Å². The van der Waals surface area contributed by atoms with E-state index in [1.54, 1.807) is 0 Å². The van der Waals surface area contributed by atoms with Gasteiger partial charge in [-0.15, -0.1) is 0 Å². The molecule has 6 rings (SSSR count). The minimum absolute atomic E-state index is 0.0113. The Morgan fingerprint density at radius 2 is 1.56 bits per heavy atom. The third-order valence-corrected chi connectivity index (χ3v) is 15.5. The van der Waals surface area contributed by atoms with E-state index in [1.807, 2.05) is 0 Å². The molecule has 43 heavy (non-hydrogen) atoms. The molecule has 1 heterocycles. The van der Waals surface area contributed by atoms with Crippen LogP contribution in [-0.4, -0.2) is 69.1 Å². The number of carbonyl (C=O) groups is 2. The standard InChI is InChI=1S/C36H56O7/c1-19(2)20-10-15-36(31(42)30-29(41)28(40)27(39)22(18-37)43-30)17-16-34(6)21(26(20)36)8-9-24-33(5)13-12-25(38)32(3,4)23(33)11-14-35(24,34)7/h20-24,26-30,37,39-41H,1,8-18H2,2-7H3/t20-,21?,22?,23?,24?,26?,27+,28-,29?,30+,33-,34+,35+,36-/m0/s1. The molecule has 6 fully saturated rings. The van der Waals surface area contributed by atoms with Crippen LogP contribution in [0.15, 0.2) is 12.2 Å². The molecule has 5 saturated carbocycles. The van der Waals surface area contributed by atoms with Crippen molar-refractivity contribution in [2.24, 2.45) is 56.7 Å². The number of carbonyl (C=O) groups excluding carboxylic acids is 2. The molecule has 242 valence electrons. The summed E-state index contributed by atoms with van der Waals surface area (Å²) in [5.74, 6) is 1.72. The quantitative estimate of drug-likeness (QED) is 0.347. The summed E-state index contributed by atoms with van der Waals surface area (Å²) in [4.78, 5) is 27.8. The van der Waals surface area contributed by atoms with Crippen molar-refractivity contribution in [1.29, 1.82) is 0 Å². The van der Waals surface area contributed by atoms with Crippen molar-refractivity contribution in [3.05, 3.63) is 12.2 Å². The zero-order chi connectivity index (χ0) is 31.5. The number of allylic oxidation sites excluding steroid dienone is 1. The lowest BCUT2D eigenvalue weighted by molar-refractivity contribution is -0.244. The van der Waals surface area contributed by atoms with Gasteiger partial charge < -0.3 is 25.2 Å². The van der Waals surface area contributed by atoms with Gasteiger partial charge in [0.15, 0.2) is 5.78 Å². The molecule has 0 radical (unpaired) electrons. The Bertz CT molecular complexity index is 1180. The normalized spacial score (nSPS) is 54.1. The number of fused-ring (bicyclic) bond motifs is 7. The van der Waals surface area contributed by atoms with Gasteiger partial charge in [-0.25, -0.2) is 0 Å². The maximum Gasteiger partial charge on any atom is 0.170 e. The first-order chi connectivity index (χ1) is 20.0. The summed E-state index contributed by atoms with van der Waals surface area (Å²) in [5, 5.41) is 41.8. The van der Waals surface area contributed by atoms with Crippen molar-refractivity contribution in [1.82, 2.24) is 0 Å². The Morgan fingerprint density at radius 3 is 2.21 bits per heavy atom. The summed E-state index contributed by atoms with van der Waals surface area (Å²) >= 11 is 0. The molecule has 0 bridgehead atoms. The van der Waals surface area contributed by atoms with E-state index < -0.39 is 42.5 Å². The van der Waals surface area contributed by atoms with E-state index in [4.69, 9.17) is 4.74 Å². The molecule has 14 atom stereocenters. The highest BCUT2D eigenvalue weighted by Crippen LogP contribution is 2.77. The summed E-state index contributed by atoms with van der Waals surface area (Å²) in [6.45, 7) is 17.8. The molecule has 0 aromatic heterocycles. The first-order valence-electron chi connectivity index (χ1n) is 17.0. The van der Waals surface area contributed by atoms with E-state index in [0.717, 1.165) is 50.5 Å². The molecular formula is C36H56O7. The molecule has 7 nitrogen and oxygen atoms in total. The van der Waals surface area contributed by atoms with Gasteiger partial charge in [-0.2, -0.15) is 0 Å². The number of Topliss-reactive ketones (excluding diaryl/α,β-unsaturated/α-hetero) is 2. The molecule has 6 unspecified atom stereocenters. The van der Waals surface area contributed by atoms with Crippen LogP contribution in [0.1, 0.15) is 106 Å². The topological polar surface area (TPSA) is 124 Å². The highest BCUT2D eigenvalue weighted by Gasteiger charge is 2.72. The molecule has 0 aromatic rings. The number of ether oxygens (including phenoxy) is 1. The fourth-order valence-corrected chi connectivity index (χ4v) is 13.0. The number of ketones is 2. The summed E-state index contributed by atoms with van der Waals surface area (Å²) < 4.78 is 5.90. The minimum atomic E-state index is -1.56. The van der Waals surface area contributed by atoms with Crippen molar-refractivity contribution in [2.45, 2.75) is 136 Å².